The van der Waals surface area contributed by atoms with Crippen molar-refractivity contribution in [3.05, 3.63) is 36.2 Å². The Balaban J connectivity index is 1.76. The van der Waals surface area contributed by atoms with Gasteiger partial charge in [-0.05, 0) is 55.7 Å². The Hall–Kier alpha value is -1.84. The lowest BCUT2D eigenvalue weighted by atomic mass is 9.78. The highest BCUT2D eigenvalue weighted by atomic mass is 15.3. The maximum absolute atomic E-state index is 4.60. The Kier molecular flexibility index (Phi) is 4.46. The molecule has 0 spiro atoms. The van der Waals surface area contributed by atoms with Gasteiger partial charge < -0.3 is 4.90 Å². The molecule has 0 unspecified atom stereocenters. The van der Waals surface area contributed by atoms with Crippen molar-refractivity contribution < 1.29 is 0 Å². The van der Waals surface area contributed by atoms with Crippen LogP contribution < -0.4 is 5.43 Å². The van der Waals surface area contributed by atoms with Gasteiger partial charge in [0.2, 0.25) is 0 Å². The predicted molar refractivity (Wildman–Crippen MR) is 91.8 cm³/mol. The van der Waals surface area contributed by atoms with E-state index in [1.165, 1.54) is 38.0 Å². The van der Waals surface area contributed by atoms with Crippen molar-refractivity contribution in [2.45, 2.75) is 46.0 Å². The lowest BCUT2D eigenvalue weighted by molar-refractivity contribution is 0.241. The summed E-state index contributed by atoms with van der Waals surface area (Å²) in [6, 6.07) is 5.82. The van der Waals surface area contributed by atoms with Crippen molar-refractivity contribution in [2.24, 2.45) is 10.5 Å². The van der Waals surface area contributed by atoms with Crippen LogP contribution in [0.4, 0.5) is 5.82 Å². The average molecular weight is 298 g/mol. The monoisotopic (exact) mass is 298 g/mol. The van der Waals surface area contributed by atoms with E-state index in [-0.39, 0.29) is 5.41 Å². The molecule has 1 aliphatic heterocycles. The molecule has 1 N–H and O–H groups in total. The number of nitrogens with one attached hydrogen (secondary N) is 1. The molecule has 3 rings (SSSR count). The molecule has 0 bridgehead atoms. The number of hydrazone groups is 1. The standard InChI is InChI=1S/C18H26N4/c1-18(2)13-15(20-21-17-8-4-5-9-19-17)12-16(14-18)22-10-6-3-7-11-22/h4-5,8-9,12H,3,6-7,10-11,13-14H2,1-2H3,(H,19,21). The summed E-state index contributed by atoms with van der Waals surface area (Å²) in [5.41, 5.74) is 5.94. The molecule has 0 atom stereocenters. The molecule has 4 heteroatoms. The minimum atomic E-state index is 0.270. The zero-order valence-corrected chi connectivity index (χ0v) is 13.7. The summed E-state index contributed by atoms with van der Waals surface area (Å²) in [5.74, 6) is 0.798. The fraction of sp³-hybridized carbons (Fsp3) is 0.556. The summed E-state index contributed by atoms with van der Waals surface area (Å²) in [5, 5.41) is 4.60. The number of likely N-dealkylation sites (tertiary alicyclic amines) is 1. The van der Waals surface area contributed by atoms with E-state index in [1.54, 1.807) is 6.20 Å². The number of hydrogen-bond donors (Lipinski definition) is 1. The van der Waals surface area contributed by atoms with Crippen LogP contribution in [-0.2, 0) is 0 Å². The van der Waals surface area contributed by atoms with Crippen molar-refractivity contribution in [3.8, 4) is 0 Å². The summed E-state index contributed by atoms with van der Waals surface area (Å²) in [6.45, 7) is 7.06. The normalized spacial score (nSPS) is 23.3. The van der Waals surface area contributed by atoms with Gasteiger partial charge in [0.25, 0.3) is 0 Å². The van der Waals surface area contributed by atoms with E-state index in [1.807, 2.05) is 18.2 Å². The Bertz CT molecular complexity index is 554. The third-order valence-corrected chi connectivity index (χ3v) is 4.39. The van der Waals surface area contributed by atoms with Gasteiger partial charge in [-0.15, -0.1) is 0 Å². The van der Waals surface area contributed by atoms with Crippen molar-refractivity contribution >= 4 is 11.5 Å². The molecule has 1 aliphatic carbocycles. The minimum Gasteiger partial charge on any atom is -0.375 e. The second-order valence-corrected chi connectivity index (χ2v) is 7.13. The fourth-order valence-electron chi connectivity index (χ4n) is 3.35. The highest BCUT2D eigenvalue weighted by Gasteiger charge is 2.29. The Morgan fingerprint density at radius 1 is 1.14 bits per heavy atom. The number of anilines is 1. The highest BCUT2D eigenvalue weighted by molar-refractivity contribution is 5.97. The molecule has 118 valence electrons. The summed E-state index contributed by atoms with van der Waals surface area (Å²) < 4.78 is 0. The molecular formula is C18H26N4. The first-order valence-corrected chi connectivity index (χ1v) is 8.32. The predicted octanol–water partition coefficient (Wildman–Crippen LogP) is 4.04. The van der Waals surface area contributed by atoms with E-state index < -0.39 is 0 Å². The van der Waals surface area contributed by atoms with Gasteiger partial charge >= 0.3 is 0 Å². The molecule has 1 aromatic heterocycles. The smallest absolute Gasteiger partial charge is 0.146 e. The van der Waals surface area contributed by atoms with Crippen molar-refractivity contribution in [3.63, 3.8) is 0 Å². The van der Waals surface area contributed by atoms with E-state index in [0.29, 0.717) is 0 Å². The summed E-state index contributed by atoms with van der Waals surface area (Å²) in [6.07, 6.45) is 10.2. The fourth-order valence-corrected chi connectivity index (χ4v) is 3.35. The van der Waals surface area contributed by atoms with Gasteiger partial charge in [-0.2, -0.15) is 5.10 Å². The van der Waals surface area contributed by atoms with E-state index >= 15 is 0 Å². The number of allylic oxidation sites excluding steroid dienone is 2. The molecule has 0 amide bonds. The molecular weight excluding hydrogens is 272 g/mol. The van der Waals surface area contributed by atoms with E-state index in [4.69, 9.17) is 0 Å². The van der Waals surface area contributed by atoms with Crippen LogP contribution in [0.2, 0.25) is 0 Å². The number of rotatable bonds is 3. The Labute approximate surface area is 133 Å². The van der Waals surface area contributed by atoms with Crippen LogP contribution in [0.15, 0.2) is 41.3 Å². The first-order valence-electron chi connectivity index (χ1n) is 8.32. The first kappa shape index (κ1) is 15.1. The van der Waals surface area contributed by atoms with Gasteiger partial charge in [0.05, 0.1) is 5.71 Å². The molecule has 0 radical (unpaired) electrons. The second-order valence-electron chi connectivity index (χ2n) is 7.13. The number of nitrogens with zero attached hydrogens (tertiary/aromatic N) is 3. The summed E-state index contributed by atoms with van der Waals surface area (Å²) in [4.78, 5) is 6.82. The number of hydrogen-bond acceptors (Lipinski definition) is 4. The van der Waals surface area contributed by atoms with Crippen molar-refractivity contribution in [1.82, 2.24) is 9.88 Å². The molecule has 22 heavy (non-hydrogen) atoms. The summed E-state index contributed by atoms with van der Waals surface area (Å²) >= 11 is 0. The second kappa shape index (κ2) is 6.51. The number of aromatic nitrogens is 1. The lowest BCUT2D eigenvalue weighted by Crippen LogP contribution is -2.34. The first-order chi connectivity index (χ1) is 10.6. The molecule has 1 saturated heterocycles. The largest absolute Gasteiger partial charge is 0.375 e. The molecule has 1 aromatic rings. The molecule has 0 saturated carbocycles. The SMILES string of the molecule is CC1(C)CC(N2CCCCC2)=CC(=NNc2ccccn2)C1. The zero-order chi connectivity index (χ0) is 15.4. The molecule has 4 nitrogen and oxygen atoms in total. The van der Waals surface area contributed by atoms with Gasteiger partial charge in [0.15, 0.2) is 0 Å². The Morgan fingerprint density at radius 3 is 2.68 bits per heavy atom. The quantitative estimate of drug-likeness (QED) is 0.856. The number of piperidine rings is 1. The van der Waals surface area contributed by atoms with Crippen LogP contribution in [0.25, 0.3) is 0 Å². The third-order valence-electron chi connectivity index (χ3n) is 4.39. The van der Waals surface area contributed by atoms with Crippen molar-refractivity contribution in [2.75, 3.05) is 18.5 Å². The Morgan fingerprint density at radius 2 is 1.95 bits per heavy atom. The zero-order valence-electron chi connectivity index (χ0n) is 13.7. The van der Waals surface area contributed by atoms with Gasteiger partial charge in [-0.1, -0.05) is 19.9 Å². The lowest BCUT2D eigenvalue weighted by Gasteiger charge is -2.38. The van der Waals surface area contributed by atoms with Gasteiger partial charge in [-0.3, -0.25) is 5.43 Å². The van der Waals surface area contributed by atoms with Crippen LogP contribution >= 0.6 is 0 Å². The topological polar surface area (TPSA) is 40.5 Å². The average Bonchev–Trinajstić information content (AvgIpc) is 2.53. The van der Waals surface area contributed by atoms with Gasteiger partial charge in [0, 0.05) is 25.0 Å². The molecule has 1 fully saturated rings. The van der Waals surface area contributed by atoms with Crippen molar-refractivity contribution in [1.29, 1.82) is 0 Å². The van der Waals surface area contributed by atoms with E-state index in [2.05, 4.69) is 40.3 Å². The number of pyridine rings is 1. The third kappa shape index (κ3) is 3.87. The van der Waals surface area contributed by atoms with Gasteiger partial charge in [0.1, 0.15) is 5.82 Å². The van der Waals surface area contributed by atoms with Crippen LogP contribution in [0.3, 0.4) is 0 Å². The minimum absolute atomic E-state index is 0.270. The van der Waals surface area contributed by atoms with Crippen LogP contribution in [-0.4, -0.2) is 28.7 Å². The molecule has 0 aromatic carbocycles. The van der Waals surface area contributed by atoms with E-state index in [9.17, 15) is 0 Å². The van der Waals surface area contributed by atoms with Gasteiger partial charge in [-0.25, -0.2) is 4.98 Å². The maximum atomic E-state index is 4.60. The molecule has 2 heterocycles. The van der Waals surface area contributed by atoms with Crippen LogP contribution in [0.1, 0.15) is 46.0 Å². The van der Waals surface area contributed by atoms with E-state index in [0.717, 1.165) is 24.4 Å². The maximum Gasteiger partial charge on any atom is 0.146 e. The molecule has 2 aliphatic rings. The van der Waals surface area contributed by atoms with Crippen LogP contribution in [0.5, 0.6) is 0 Å². The summed E-state index contributed by atoms with van der Waals surface area (Å²) in [7, 11) is 0. The highest BCUT2D eigenvalue weighted by Crippen LogP contribution is 2.36. The van der Waals surface area contributed by atoms with Crippen LogP contribution in [0, 0.1) is 5.41 Å².